The number of halogens is 1. The zero-order valence-corrected chi connectivity index (χ0v) is 15.2. The second-order valence-electron chi connectivity index (χ2n) is 5.07. The zero-order chi connectivity index (χ0) is 18.7. The first-order valence-corrected chi connectivity index (χ1v) is 9.03. The number of rotatable bonds is 10. The van der Waals surface area contributed by atoms with Crippen molar-refractivity contribution in [3.63, 3.8) is 0 Å². The second-order valence-corrected chi connectivity index (χ2v) is 6.24. The van der Waals surface area contributed by atoms with Crippen molar-refractivity contribution in [1.82, 2.24) is 10.2 Å². The topological polar surface area (TPSA) is 75.7 Å². The predicted molar refractivity (Wildman–Crippen MR) is 93.6 cm³/mol. The lowest BCUT2D eigenvalue weighted by molar-refractivity contribution is -0.152. The number of hydrogen-bond donors (Lipinski definition) is 1. The normalized spacial score (nSPS) is 10.2. The summed E-state index contributed by atoms with van der Waals surface area (Å²) >= 11 is 1.40. The van der Waals surface area contributed by atoms with Gasteiger partial charge < -0.3 is 15.0 Å². The molecule has 0 heterocycles. The number of thioether (sulfide) groups is 1. The van der Waals surface area contributed by atoms with Gasteiger partial charge in [-0.2, -0.15) is 0 Å². The van der Waals surface area contributed by atoms with Crippen LogP contribution in [0.15, 0.2) is 29.2 Å². The largest absolute Gasteiger partial charge is 0.456 e. The summed E-state index contributed by atoms with van der Waals surface area (Å²) < 4.78 is 17.7. The average Bonchev–Trinajstić information content (AvgIpc) is 2.59. The van der Waals surface area contributed by atoms with Gasteiger partial charge in [0.2, 0.25) is 5.91 Å². The summed E-state index contributed by atoms with van der Waals surface area (Å²) in [6, 6.07) is 5.98. The number of carbonyl (C=O) groups excluding carboxylic acids is 3. The van der Waals surface area contributed by atoms with Gasteiger partial charge in [0.1, 0.15) is 5.82 Å². The van der Waals surface area contributed by atoms with E-state index in [4.69, 9.17) is 4.74 Å². The summed E-state index contributed by atoms with van der Waals surface area (Å²) in [6.07, 6.45) is 0.137. The molecule has 1 aromatic rings. The van der Waals surface area contributed by atoms with E-state index in [0.717, 1.165) is 4.90 Å². The monoisotopic (exact) mass is 370 g/mol. The summed E-state index contributed by atoms with van der Waals surface area (Å²) in [5.41, 5.74) is 0. The van der Waals surface area contributed by atoms with Crippen LogP contribution in [0.2, 0.25) is 0 Å². The average molecular weight is 370 g/mol. The van der Waals surface area contributed by atoms with Crippen LogP contribution in [0.1, 0.15) is 20.3 Å². The summed E-state index contributed by atoms with van der Waals surface area (Å²) in [7, 11) is 0. The molecule has 0 aliphatic rings. The fraction of sp³-hybridized carbons (Fsp3) is 0.471. The minimum Gasteiger partial charge on any atom is -0.456 e. The Morgan fingerprint density at radius 2 is 1.88 bits per heavy atom. The van der Waals surface area contributed by atoms with Gasteiger partial charge in [0, 0.05) is 23.7 Å². The molecule has 0 saturated heterocycles. The predicted octanol–water partition coefficient (Wildman–Crippen LogP) is 1.84. The molecule has 6 nitrogen and oxygen atoms in total. The molecule has 0 unspecified atom stereocenters. The Balaban J connectivity index is 2.28. The molecule has 0 bridgehead atoms. The van der Waals surface area contributed by atoms with Crippen LogP contribution in [0.4, 0.5) is 4.39 Å². The van der Waals surface area contributed by atoms with E-state index < -0.39 is 11.9 Å². The van der Waals surface area contributed by atoms with Gasteiger partial charge in [-0.25, -0.2) is 4.39 Å². The van der Waals surface area contributed by atoms with Gasteiger partial charge in [0.05, 0.1) is 13.0 Å². The van der Waals surface area contributed by atoms with Crippen molar-refractivity contribution in [3.05, 3.63) is 30.1 Å². The van der Waals surface area contributed by atoms with E-state index in [0.29, 0.717) is 18.8 Å². The lowest BCUT2D eigenvalue weighted by atomic mass is 10.4. The first-order chi connectivity index (χ1) is 12.0. The summed E-state index contributed by atoms with van der Waals surface area (Å²) in [5.74, 6) is -0.991. The Kier molecular flexibility index (Phi) is 9.61. The molecule has 1 aromatic carbocycles. The summed E-state index contributed by atoms with van der Waals surface area (Å²) in [6.45, 7) is 3.95. The first-order valence-electron chi connectivity index (χ1n) is 8.04. The molecule has 2 amide bonds. The van der Waals surface area contributed by atoms with Gasteiger partial charge in [0.25, 0.3) is 5.91 Å². The Hall–Kier alpha value is -2.09. The first kappa shape index (κ1) is 21.0. The minimum atomic E-state index is -0.489. The minimum absolute atomic E-state index is 0.0544. The molecule has 0 radical (unpaired) electrons. The molecule has 138 valence electrons. The van der Waals surface area contributed by atoms with E-state index >= 15 is 0 Å². The molecule has 1 N–H and O–H groups in total. The van der Waals surface area contributed by atoms with Crippen LogP contribution in [0.5, 0.6) is 0 Å². The Labute approximate surface area is 151 Å². The molecular formula is C17H23FN2O4S. The number of ether oxygens (including phenoxy) is 1. The third-order valence-electron chi connectivity index (χ3n) is 3.19. The van der Waals surface area contributed by atoms with Crippen molar-refractivity contribution >= 4 is 29.5 Å². The smallest absolute Gasteiger partial charge is 0.307 e. The molecule has 0 aromatic heterocycles. The van der Waals surface area contributed by atoms with Crippen molar-refractivity contribution in [2.75, 3.05) is 32.0 Å². The number of nitrogens with one attached hydrogen (secondary N) is 1. The van der Waals surface area contributed by atoms with Crippen molar-refractivity contribution in [2.24, 2.45) is 0 Å². The Morgan fingerprint density at radius 3 is 2.48 bits per heavy atom. The number of likely N-dealkylation sites (N-methyl/N-ethyl adjacent to an activating group) is 2. The molecule has 8 heteroatoms. The van der Waals surface area contributed by atoms with Gasteiger partial charge in [-0.3, -0.25) is 14.4 Å². The van der Waals surface area contributed by atoms with E-state index in [1.165, 1.54) is 28.8 Å². The number of carbonyl (C=O) groups is 3. The lowest BCUT2D eigenvalue weighted by Gasteiger charge is -2.20. The van der Waals surface area contributed by atoms with E-state index in [9.17, 15) is 18.8 Å². The second kappa shape index (κ2) is 11.5. The van der Waals surface area contributed by atoms with Gasteiger partial charge in [0.15, 0.2) is 6.61 Å². The number of hydrogen-bond acceptors (Lipinski definition) is 5. The Bertz CT molecular complexity index is 581. The van der Waals surface area contributed by atoms with Crippen LogP contribution in [-0.2, 0) is 19.1 Å². The third-order valence-corrected chi connectivity index (χ3v) is 4.20. The van der Waals surface area contributed by atoms with Crippen LogP contribution >= 0.6 is 11.8 Å². The van der Waals surface area contributed by atoms with E-state index in [2.05, 4.69) is 5.32 Å². The fourth-order valence-corrected chi connectivity index (χ4v) is 2.72. The van der Waals surface area contributed by atoms with Gasteiger partial charge >= 0.3 is 5.97 Å². The maximum atomic E-state index is 12.8. The van der Waals surface area contributed by atoms with Gasteiger partial charge in [-0.15, -0.1) is 11.8 Å². The molecule has 1 rings (SSSR count). The third kappa shape index (κ3) is 8.53. The van der Waals surface area contributed by atoms with Crippen molar-refractivity contribution < 1.29 is 23.5 Å². The highest BCUT2D eigenvalue weighted by molar-refractivity contribution is 7.99. The van der Waals surface area contributed by atoms with E-state index in [1.807, 2.05) is 0 Å². The van der Waals surface area contributed by atoms with Crippen LogP contribution in [0.3, 0.4) is 0 Å². The van der Waals surface area contributed by atoms with Crippen LogP contribution in [-0.4, -0.2) is 54.7 Å². The van der Waals surface area contributed by atoms with Crippen molar-refractivity contribution in [2.45, 2.75) is 25.2 Å². The maximum absolute atomic E-state index is 12.8. The molecule has 0 atom stereocenters. The van der Waals surface area contributed by atoms with Crippen molar-refractivity contribution in [1.29, 1.82) is 0 Å². The van der Waals surface area contributed by atoms with Gasteiger partial charge in [-0.1, -0.05) is 0 Å². The molecule has 0 fully saturated rings. The number of esters is 1. The molecule has 0 aliphatic heterocycles. The molecule has 0 spiro atoms. The highest BCUT2D eigenvalue weighted by atomic mass is 32.2. The SMILES string of the molecule is CCNC(=O)CN(CC)C(=O)COC(=O)CCSc1ccc(F)cc1. The summed E-state index contributed by atoms with van der Waals surface area (Å²) in [5, 5.41) is 2.61. The highest BCUT2D eigenvalue weighted by Gasteiger charge is 2.17. The number of benzene rings is 1. The Morgan fingerprint density at radius 1 is 1.20 bits per heavy atom. The van der Waals surface area contributed by atoms with Crippen LogP contribution < -0.4 is 5.32 Å². The van der Waals surface area contributed by atoms with E-state index in [1.54, 1.807) is 26.0 Å². The quantitative estimate of drug-likeness (QED) is 0.502. The standard InChI is InChI=1S/C17H23FN2O4S/c1-3-19-15(21)11-20(4-2)16(22)12-24-17(23)9-10-25-14-7-5-13(18)6-8-14/h5-8H,3-4,9-12H2,1-2H3,(H,19,21). The number of amides is 2. The summed E-state index contributed by atoms with van der Waals surface area (Å²) in [4.78, 5) is 37.3. The van der Waals surface area contributed by atoms with Gasteiger partial charge in [-0.05, 0) is 38.1 Å². The van der Waals surface area contributed by atoms with Crippen LogP contribution in [0, 0.1) is 5.82 Å². The zero-order valence-electron chi connectivity index (χ0n) is 14.4. The van der Waals surface area contributed by atoms with E-state index in [-0.39, 0.29) is 31.3 Å². The fourth-order valence-electron chi connectivity index (χ4n) is 1.89. The molecular weight excluding hydrogens is 347 g/mol. The molecule has 0 saturated carbocycles. The number of nitrogens with zero attached hydrogens (tertiary/aromatic N) is 1. The molecule has 0 aliphatic carbocycles. The van der Waals surface area contributed by atoms with Crippen LogP contribution in [0.25, 0.3) is 0 Å². The highest BCUT2D eigenvalue weighted by Crippen LogP contribution is 2.18. The lowest BCUT2D eigenvalue weighted by Crippen LogP contribution is -2.42. The van der Waals surface area contributed by atoms with Crippen molar-refractivity contribution in [3.8, 4) is 0 Å². The molecule has 25 heavy (non-hydrogen) atoms. The maximum Gasteiger partial charge on any atom is 0.307 e.